The molecule has 0 bridgehead atoms. The lowest BCUT2D eigenvalue weighted by atomic mass is 10.1. The molecule has 3 nitrogen and oxygen atoms in total. The van der Waals surface area contributed by atoms with Crippen LogP contribution in [-0.2, 0) is 13.1 Å². The Morgan fingerprint density at radius 1 is 1.00 bits per heavy atom. The summed E-state index contributed by atoms with van der Waals surface area (Å²) in [5.41, 5.74) is 5.20. The molecule has 0 aliphatic rings. The predicted octanol–water partition coefficient (Wildman–Crippen LogP) is -0.112. The highest BCUT2D eigenvalue weighted by Crippen LogP contribution is 2.08. The molecule has 0 N–H and O–H groups in total. The summed E-state index contributed by atoms with van der Waals surface area (Å²) >= 11 is 0. The van der Waals surface area contributed by atoms with Crippen LogP contribution in [0.1, 0.15) is 22.3 Å². The number of hydrogen-bond donors (Lipinski definition) is 0. The maximum atomic E-state index is 4.45. The maximum Gasteiger partial charge on any atom is 0.265 e. The molecule has 3 rings (SSSR count). The van der Waals surface area contributed by atoms with Gasteiger partial charge in [-0.15, -0.1) is 4.68 Å². The van der Waals surface area contributed by atoms with Gasteiger partial charge in [-0.3, -0.25) is 0 Å². The summed E-state index contributed by atoms with van der Waals surface area (Å²) in [6.45, 7) is 5.91. The van der Waals surface area contributed by atoms with Crippen LogP contribution in [0.3, 0.4) is 0 Å². The second kappa shape index (κ2) is 7.23. The molecule has 2 aromatic carbocycles. The molecular formula is C18H20ClN3. The van der Waals surface area contributed by atoms with Crippen LogP contribution in [0.15, 0.2) is 61.2 Å². The fourth-order valence-electron chi connectivity index (χ4n) is 2.39. The van der Waals surface area contributed by atoms with Crippen LogP contribution in [-0.4, -0.2) is 9.78 Å². The summed E-state index contributed by atoms with van der Waals surface area (Å²) in [7, 11) is 0. The summed E-state index contributed by atoms with van der Waals surface area (Å²) in [5, 5.41) is 4.45. The Kier molecular flexibility index (Phi) is 5.34. The highest BCUT2D eigenvalue weighted by molar-refractivity contribution is 5.25. The Morgan fingerprint density at radius 2 is 1.73 bits per heavy atom. The molecular weight excluding hydrogens is 294 g/mol. The average Bonchev–Trinajstić information content (AvgIpc) is 2.91. The predicted molar refractivity (Wildman–Crippen MR) is 83.0 cm³/mol. The van der Waals surface area contributed by atoms with E-state index in [1.807, 2.05) is 11.0 Å². The van der Waals surface area contributed by atoms with Gasteiger partial charge in [0.1, 0.15) is 6.54 Å². The number of aryl methyl sites for hydroxylation is 2. The minimum Gasteiger partial charge on any atom is -1.00 e. The largest absolute Gasteiger partial charge is 1.00 e. The van der Waals surface area contributed by atoms with Crippen molar-refractivity contribution in [2.75, 3.05) is 0 Å². The topological polar surface area (TPSA) is 21.7 Å². The van der Waals surface area contributed by atoms with Gasteiger partial charge in [-0.25, -0.2) is 4.57 Å². The van der Waals surface area contributed by atoms with Crippen molar-refractivity contribution >= 4 is 0 Å². The Bertz CT molecular complexity index is 732. The van der Waals surface area contributed by atoms with Crippen molar-refractivity contribution in [2.24, 2.45) is 0 Å². The fraction of sp³-hybridized carbons (Fsp3) is 0.222. The monoisotopic (exact) mass is 313 g/mol. The summed E-state index contributed by atoms with van der Waals surface area (Å²) in [6.07, 6.45) is 3.95. The van der Waals surface area contributed by atoms with Gasteiger partial charge < -0.3 is 12.4 Å². The van der Waals surface area contributed by atoms with Crippen molar-refractivity contribution in [2.45, 2.75) is 26.9 Å². The third kappa shape index (κ3) is 3.95. The van der Waals surface area contributed by atoms with Gasteiger partial charge >= 0.3 is 0 Å². The van der Waals surface area contributed by atoms with E-state index in [1.54, 1.807) is 0 Å². The minimum atomic E-state index is 0. The molecule has 0 spiro atoms. The van der Waals surface area contributed by atoms with Gasteiger partial charge in [0.25, 0.3) is 6.33 Å². The molecule has 0 saturated carbocycles. The zero-order valence-corrected chi connectivity index (χ0v) is 13.7. The lowest BCUT2D eigenvalue weighted by Crippen LogP contribution is -3.00. The molecule has 0 atom stereocenters. The van der Waals surface area contributed by atoms with Crippen molar-refractivity contribution in [3.8, 4) is 0 Å². The molecule has 1 heterocycles. The Balaban J connectivity index is 0.00000176. The van der Waals surface area contributed by atoms with E-state index < -0.39 is 0 Å². The third-order valence-corrected chi connectivity index (χ3v) is 3.71. The Labute approximate surface area is 137 Å². The van der Waals surface area contributed by atoms with E-state index in [0.717, 1.165) is 13.1 Å². The Hall–Kier alpha value is -2.13. The van der Waals surface area contributed by atoms with E-state index in [2.05, 4.69) is 78.4 Å². The first-order chi connectivity index (χ1) is 10.2. The second-order valence-electron chi connectivity index (χ2n) is 5.53. The molecule has 0 aliphatic carbocycles. The van der Waals surface area contributed by atoms with Gasteiger partial charge in [-0.05, 0) is 30.5 Å². The average molecular weight is 314 g/mol. The zero-order chi connectivity index (χ0) is 14.7. The molecule has 4 heteroatoms. The molecule has 0 amide bonds. The highest BCUT2D eigenvalue weighted by atomic mass is 35.5. The van der Waals surface area contributed by atoms with Gasteiger partial charge in [-0.1, -0.05) is 54.1 Å². The smallest absolute Gasteiger partial charge is 0.265 e. The SMILES string of the molecule is Cc1ccc(C[n+]2cnn(Cc3ccccc3C)c2)cc1.[Cl-]. The number of benzene rings is 2. The quantitative estimate of drug-likeness (QED) is 0.616. The van der Waals surface area contributed by atoms with E-state index in [0.29, 0.717) is 0 Å². The summed E-state index contributed by atoms with van der Waals surface area (Å²) in [4.78, 5) is 0. The van der Waals surface area contributed by atoms with Crippen LogP contribution >= 0.6 is 0 Å². The summed E-state index contributed by atoms with van der Waals surface area (Å²) < 4.78 is 4.10. The molecule has 0 fully saturated rings. The van der Waals surface area contributed by atoms with Crippen molar-refractivity contribution < 1.29 is 17.0 Å². The Morgan fingerprint density at radius 3 is 2.45 bits per heavy atom. The summed E-state index contributed by atoms with van der Waals surface area (Å²) in [6, 6.07) is 17.1. The molecule has 0 saturated heterocycles. The van der Waals surface area contributed by atoms with Crippen LogP contribution < -0.4 is 17.0 Å². The van der Waals surface area contributed by atoms with Crippen LogP contribution in [0.2, 0.25) is 0 Å². The summed E-state index contributed by atoms with van der Waals surface area (Å²) in [5.74, 6) is 0. The maximum absolute atomic E-state index is 4.45. The second-order valence-corrected chi connectivity index (χ2v) is 5.53. The van der Waals surface area contributed by atoms with Gasteiger partial charge in [0.15, 0.2) is 0 Å². The molecule has 0 unspecified atom stereocenters. The molecule has 0 radical (unpaired) electrons. The number of rotatable bonds is 4. The first-order valence-electron chi connectivity index (χ1n) is 7.22. The van der Waals surface area contributed by atoms with Crippen molar-refractivity contribution in [1.29, 1.82) is 0 Å². The van der Waals surface area contributed by atoms with Crippen molar-refractivity contribution in [3.63, 3.8) is 0 Å². The van der Waals surface area contributed by atoms with Crippen molar-refractivity contribution in [3.05, 3.63) is 83.4 Å². The van der Waals surface area contributed by atoms with Gasteiger partial charge in [-0.2, -0.15) is 0 Å². The van der Waals surface area contributed by atoms with E-state index >= 15 is 0 Å². The standard InChI is InChI=1S/C18H20N3.ClH/c1-15-7-9-17(10-8-15)11-20-13-19-21(14-20)12-18-6-4-3-5-16(18)2;/h3-10,13-14H,11-12H2,1-2H3;1H/q+1;/p-1. The van der Waals surface area contributed by atoms with Gasteiger partial charge in [0, 0.05) is 5.10 Å². The molecule has 1 aromatic heterocycles. The normalized spacial score (nSPS) is 10.3. The first kappa shape index (κ1) is 16.2. The van der Waals surface area contributed by atoms with Gasteiger partial charge in [0.2, 0.25) is 6.33 Å². The van der Waals surface area contributed by atoms with Crippen molar-refractivity contribution in [1.82, 2.24) is 9.78 Å². The number of halogens is 1. The fourth-order valence-corrected chi connectivity index (χ4v) is 2.39. The minimum absolute atomic E-state index is 0. The third-order valence-electron chi connectivity index (χ3n) is 3.71. The lowest BCUT2D eigenvalue weighted by Gasteiger charge is -2.01. The zero-order valence-electron chi connectivity index (χ0n) is 12.9. The van der Waals surface area contributed by atoms with E-state index in [9.17, 15) is 0 Å². The van der Waals surface area contributed by atoms with Gasteiger partial charge in [0.05, 0.1) is 6.54 Å². The van der Waals surface area contributed by atoms with Crippen LogP contribution in [0, 0.1) is 13.8 Å². The lowest BCUT2D eigenvalue weighted by molar-refractivity contribution is -0.689. The number of aromatic nitrogens is 3. The van der Waals surface area contributed by atoms with Crippen LogP contribution in [0.5, 0.6) is 0 Å². The van der Waals surface area contributed by atoms with Crippen LogP contribution in [0.25, 0.3) is 0 Å². The molecule has 114 valence electrons. The number of hydrogen-bond acceptors (Lipinski definition) is 1. The molecule has 0 aliphatic heterocycles. The number of nitrogens with zero attached hydrogens (tertiary/aromatic N) is 3. The van der Waals surface area contributed by atoms with E-state index in [4.69, 9.17) is 0 Å². The molecule has 22 heavy (non-hydrogen) atoms. The molecule has 3 aromatic rings. The van der Waals surface area contributed by atoms with E-state index in [1.165, 1.54) is 22.3 Å². The van der Waals surface area contributed by atoms with E-state index in [-0.39, 0.29) is 12.4 Å². The first-order valence-corrected chi connectivity index (χ1v) is 7.22. The van der Waals surface area contributed by atoms with Crippen LogP contribution in [0.4, 0.5) is 0 Å². The highest BCUT2D eigenvalue weighted by Gasteiger charge is 2.08.